The molecule has 0 aliphatic carbocycles. The van der Waals surface area contributed by atoms with Crippen molar-refractivity contribution in [1.82, 2.24) is 9.78 Å². The van der Waals surface area contributed by atoms with E-state index in [4.69, 9.17) is 10.5 Å². The molecular formula is C14H18N4O2. The summed E-state index contributed by atoms with van der Waals surface area (Å²) >= 11 is 0. The first kappa shape index (κ1) is 13.9. The SMILES string of the molecule is CC(C)n1cc(NC(=O)COc2ccc(N)cc2)cn1. The highest BCUT2D eigenvalue weighted by Crippen LogP contribution is 2.13. The normalized spacial score (nSPS) is 10.6. The molecule has 0 unspecified atom stereocenters. The van der Waals surface area contributed by atoms with Gasteiger partial charge >= 0.3 is 0 Å². The maximum absolute atomic E-state index is 11.7. The van der Waals surface area contributed by atoms with E-state index in [-0.39, 0.29) is 18.6 Å². The number of nitrogens with one attached hydrogen (secondary N) is 1. The molecule has 0 spiro atoms. The molecule has 0 aliphatic rings. The van der Waals surface area contributed by atoms with Crippen LogP contribution in [0.4, 0.5) is 11.4 Å². The fraction of sp³-hybridized carbons (Fsp3) is 0.286. The minimum atomic E-state index is -0.231. The molecule has 1 amide bonds. The monoisotopic (exact) mass is 274 g/mol. The molecule has 6 heteroatoms. The molecule has 0 atom stereocenters. The Kier molecular flexibility index (Phi) is 4.24. The number of nitrogen functional groups attached to an aromatic ring is 1. The average Bonchev–Trinajstić information content (AvgIpc) is 2.87. The average molecular weight is 274 g/mol. The Hall–Kier alpha value is -2.50. The summed E-state index contributed by atoms with van der Waals surface area (Å²) in [6, 6.07) is 7.14. The zero-order valence-corrected chi connectivity index (χ0v) is 11.5. The van der Waals surface area contributed by atoms with Gasteiger partial charge in [-0.25, -0.2) is 0 Å². The first-order chi connectivity index (χ1) is 9.54. The molecule has 2 rings (SSSR count). The lowest BCUT2D eigenvalue weighted by molar-refractivity contribution is -0.118. The summed E-state index contributed by atoms with van der Waals surface area (Å²) in [7, 11) is 0. The van der Waals surface area contributed by atoms with Gasteiger partial charge in [0.1, 0.15) is 5.75 Å². The number of rotatable bonds is 5. The van der Waals surface area contributed by atoms with Crippen molar-refractivity contribution in [1.29, 1.82) is 0 Å². The van der Waals surface area contributed by atoms with Crippen LogP contribution in [0.3, 0.4) is 0 Å². The molecule has 2 aromatic rings. The number of carbonyl (C=O) groups is 1. The standard InChI is InChI=1S/C14H18N4O2/c1-10(2)18-8-12(7-16-18)17-14(19)9-20-13-5-3-11(15)4-6-13/h3-8,10H,9,15H2,1-2H3,(H,17,19). The minimum absolute atomic E-state index is 0.0588. The minimum Gasteiger partial charge on any atom is -0.484 e. The van der Waals surface area contributed by atoms with Gasteiger partial charge in [0.05, 0.1) is 11.9 Å². The largest absolute Gasteiger partial charge is 0.484 e. The third-order valence-corrected chi connectivity index (χ3v) is 2.66. The van der Waals surface area contributed by atoms with Gasteiger partial charge in [-0.3, -0.25) is 9.48 Å². The Morgan fingerprint density at radius 3 is 2.70 bits per heavy atom. The summed E-state index contributed by atoms with van der Waals surface area (Å²) in [6.07, 6.45) is 3.40. The highest BCUT2D eigenvalue weighted by Gasteiger charge is 2.06. The maximum atomic E-state index is 11.7. The van der Waals surface area contributed by atoms with Crippen LogP contribution in [0, 0.1) is 0 Å². The number of nitrogens with zero attached hydrogens (tertiary/aromatic N) is 2. The number of anilines is 2. The Bertz CT molecular complexity index is 575. The predicted octanol–water partition coefficient (Wildman–Crippen LogP) is 2.06. The number of hydrogen-bond acceptors (Lipinski definition) is 4. The molecule has 0 saturated carbocycles. The zero-order chi connectivity index (χ0) is 14.5. The topological polar surface area (TPSA) is 82.2 Å². The van der Waals surface area contributed by atoms with Crippen LogP contribution >= 0.6 is 0 Å². The second-order valence-electron chi connectivity index (χ2n) is 4.71. The third-order valence-electron chi connectivity index (χ3n) is 2.66. The van der Waals surface area contributed by atoms with Crippen molar-refractivity contribution in [2.45, 2.75) is 19.9 Å². The van der Waals surface area contributed by atoms with Crippen molar-refractivity contribution in [2.24, 2.45) is 0 Å². The van der Waals surface area contributed by atoms with E-state index in [9.17, 15) is 4.79 Å². The van der Waals surface area contributed by atoms with Crippen LogP contribution in [0.2, 0.25) is 0 Å². The Morgan fingerprint density at radius 1 is 1.40 bits per heavy atom. The lowest BCUT2D eigenvalue weighted by atomic mass is 10.3. The van der Waals surface area contributed by atoms with Crippen LogP contribution in [0.1, 0.15) is 19.9 Å². The molecular weight excluding hydrogens is 256 g/mol. The smallest absolute Gasteiger partial charge is 0.262 e. The highest BCUT2D eigenvalue weighted by molar-refractivity contribution is 5.91. The molecule has 106 valence electrons. The van der Waals surface area contributed by atoms with Crippen molar-refractivity contribution >= 4 is 17.3 Å². The van der Waals surface area contributed by atoms with E-state index in [1.54, 1.807) is 41.3 Å². The number of aromatic nitrogens is 2. The molecule has 1 aromatic carbocycles. The van der Waals surface area contributed by atoms with Crippen LogP contribution in [-0.4, -0.2) is 22.3 Å². The van der Waals surface area contributed by atoms with Gasteiger partial charge < -0.3 is 15.8 Å². The van der Waals surface area contributed by atoms with Crippen LogP contribution in [0.5, 0.6) is 5.75 Å². The molecule has 0 radical (unpaired) electrons. The number of ether oxygens (including phenoxy) is 1. The summed E-state index contributed by atoms with van der Waals surface area (Å²) in [5.74, 6) is 0.373. The summed E-state index contributed by atoms with van der Waals surface area (Å²) in [5.41, 5.74) is 6.88. The van der Waals surface area contributed by atoms with Gasteiger partial charge in [-0.2, -0.15) is 5.10 Å². The van der Waals surface area contributed by atoms with Crippen molar-refractivity contribution in [2.75, 3.05) is 17.7 Å². The fourth-order valence-corrected chi connectivity index (χ4v) is 1.59. The second kappa shape index (κ2) is 6.10. The van der Waals surface area contributed by atoms with E-state index >= 15 is 0 Å². The molecule has 0 bridgehead atoms. The van der Waals surface area contributed by atoms with Gasteiger partial charge in [-0.15, -0.1) is 0 Å². The molecule has 1 heterocycles. The van der Waals surface area contributed by atoms with Crippen molar-refractivity contribution in [3.05, 3.63) is 36.7 Å². The van der Waals surface area contributed by atoms with Gasteiger partial charge in [0.15, 0.2) is 6.61 Å². The van der Waals surface area contributed by atoms with E-state index in [1.165, 1.54) is 0 Å². The Balaban J connectivity index is 1.84. The van der Waals surface area contributed by atoms with Crippen LogP contribution < -0.4 is 15.8 Å². The van der Waals surface area contributed by atoms with Crippen LogP contribution in [0.15, 0.2) is 36.7 Å². The molecule has 0 fully saturated rings. The molecule has 0 saturated heterocycles. The van der Waals surface area contributed by atoms with Gasteiger partial charge in [0, 0.05) is 17.9 Å². The first-order valence-corrected chi connectivity index (χ1v) is 6.37. The summed E-state index contributed by atoms with van der Waals surface area (Å²) in [6.45, 7) is 3.97. The molecule has 0 aliphatic heterocycles. The van der Waals surface area contributed by atoms with E-state index < -0.39 is 0 Å². The first-order valence-electron chi connectivity index (χ1n) is 6.37. The molecule has 1 aromatic heterocycles. The van der Waals surface area contributed by atoms with Gasteiger partial charge in [-0.1, -0.05) is 0 Å². The van der Waals surface area contributed by atoms with E-state index in [1.807, 2.05) is 13.8 Å². The molecule has 6 nitrogen and oxygen atoms in total. The maximum Gasteiger partial charge on any atom is 0.262 e. The summed E-state index contributed by atoms with van der Waals surface area (Å²) in [4.78, 5) is 11.7. The van der Waals surface area contributed by atoms with E-state index in [0.717, 1.165) is 0 Å². The second-order valence-corrected chi connectivity index (χ2v) is 4.71. The number of hydrogen-bond donors (Lipinski definition) is 2. The summed E-state index contributed by atoms with van der Waals surface area (Å²) in [5, 5.41) is 6.87. The van der Waals surface area contributed by atoms with Gasteiger partial charge in [0.25, 0.3) is 5.91 Å². The number of carbonyl (C=O) groups excluding carboxylic acids is 1. The number of benzene rings is 1. The van der Waals surface area contributed by atoms with Gasteiger partial charge in [-0.05, 0) is 38.1 Å². The Morgan fingerprint density at radius 2 is 2.10 bits per heavy atom. The fourth-order valence-electron chi connectivity index (χ4n) is 1.59. The van der Waals surface area contributed by atoms with Crippen molar-refractivity contribution < 1.29 is 9.53 Å². The van der Waals surface area contributed by atoms with Crippen molar-refractivity contribution in [3.63, 3.8) is 0 Å². The van der Waals surface area contributed by atoms with Crippen LogP contribution in [0.25, 0.3) is 0 Å². The molecule has 20 heavy (non-hydrogen) atoms. The van der Waals surface area contributed by atoms with Gasteiger partial charge in [0.2, 0.25) is 0 Å². The number of nitrogens with two attached hydrogens (primary N) is 1. The third kappa shape index (κ3) is 3.74. The van der Waals surface area contributed by atoms with Crippen LogP contribution in [-0.2, 0) is 4.79 Å². The highest BCUT2D eigenvalue weighted by atomic mass is 16.5. The molecule has 3 N–H and O–H groups in total. The summed E-state index contributed by atoms with van der Waals surface area (Å²) < 4.78 is 7.13. The van der Waals surface area contributed by atoms with E-state index in [2.05, 4.69) is 10.4 Å². The van der Waals surface area contributed by atoms with Crippen molar-refractivity contribution in [3.8, 4) is 5.75 Å². The Labute approximate surface area is 117 Å². The quantitative estimate of drug-likeness (QED) is 0.818. The van der Waals surface area contributed by atoms with E-state index in [0.29, 0.717) is 17.1 Å². The lowest BCUT2D eigenvalue weighted by Crippen LogP contribution is -2.19. The predicted molar refractivity (Wildman–Crippen MR) is 77.6 cm³/mol. The zero-order valence-electron chi connectivity index (χ0n) is 11.5. The lowest BCUT2D eigenvalue weighted by Gasteiger charge is -2.06. The number of amides is 1.